The second-order valence-corrected chi connectivity index (χ2v) is 4.57. The highest BCUT2D eigenvalue weighted by atomic mass is 16.5. The van der Waals surface area contributed by atoms with Gasteiger partial charge in [-0.3, -0.25) is 0 Å². The summed E-state index contributed by atoms with van der Waals surface area (Å²) in [5, 5.41) is 11.2. The molecule has 4 heteroatoms. The summed E-state index contributed by atoms with van der Waals surface area (Å²) in [5.74, 6) is 0. The van der Waals surface area contributed by atoms with Gasteiger partial charge in [0, 0.05) is 0 Å². The Morgan fingerprint density at radius 3 is 2.62 bits per heavy atom. The fraction of sp³-hybridized carbons (Fsp3) is 0.889. The number of ether oxygens (including phenoxy) is 1. The quantitative estimate of drug-likeness (QED) is 0.648. The first-order valence-corrected chi connectivity index (χ1v) is 4.63. The molecule has 2 rings (SSSR count). The molecule has 2 saturated heterocycles. The third-order valence-electron chi connectivity index (χ3n) is 3.30. The summed E-state index contributed by atoms with van der Waals surface area (Å²) in [5.41, 5.74) is -0.366. The van der Waals surface area contributed by atoms with Gasteiger partial charge in [-0.1, -0.05) is 0 Å². The van der Waals surface area contributed by atoms with Crippen LogP contribution in [-0.2, 0) is 4.74 Å². The van der Waals surface area contributed by atoms with Crippen LogP contribution >= 0.6 is 0 Å². The van der Waals surface area contributed by atoms with Crippen LogP contribution in [0.5, 0.6) is 0 Å². The van der Waals surface area contributed by atoms with Crippen LogP contribution < -0.4 is 5.32 Å². The Bertz CT molecular complexity index is 255. The third-order valence-corrected chi connectivity index (χ3v) is 3.30. The van der Waals surface area contributed by atoms with Gasteiger partial charge in [-0.25, -0.2) is 4.79 Å². The Balaban J connectivity index is 2.12. The highest BCUT2D eigenvalue weighted by Gasteiger charge is 2.57. The van der Waals surface area contributed by atoms with Crippen LogP contribution in [0.25, 0.3) is 0 Å². The average molecular weight is 185 g/mol. The predicted octanol–water partition coefficient (Wildman–Crippen LogP) is 1.35. The van der Waals surface area contributed by atoms with E-state index in [4.69, 9.17) is 9.84 Å². The van der Waals surface area contributed by atoms with E-state index in [9.17, 15) is 4.79 Å². The van der Waals surface area contributed by atoms with Crippen LogP contribution in [0, 0.1) is 0 Å². The van der Waals surface area contributed by atoms with Gasteiger partial charge in [0.2, 0.25) is 0 Å². The molecule has 2 bridgehead atoms. The molecular weight excluding hydrogens is 170 g/mol. The molecule has 3 atom stereocenters. The largest absolute Gasteiger partial charge is 0.465 e. The van der Waals surface area contributed by atoms with E-state index in [2.05, 4.69) is 12.2 Å². The zero-order chi connectivity index (χ0) is 9.69. The van der Waals surface area contributed by atoms with Gasteiger partial charge in [0.1, 0.15) is 0 Å². The van der Waals surface area contributed by atoms with Gasteiger partial charge < -0.3 is 15.2 Å². The highest BCUT2D eigenvalue weighted by Crippen LogP contribution is 2.50. The van der Waals surface area contributed by atoms with Crippen LogP contribution in [0.3, 0.4) is 0 Å². The fourth-order valence-corrected chi connectivity index (χ4v) is 2.57. The van der Waals surface area contributed by atoms with Crippen LogP contribution in [-0.4, -0.2) is 28.4 Å². The summed E-state index contributed by atoms with van der Waals surface area (Å²) in [6.45, 7) is 4.05. The second-order valence-electron chi connectivity index (χ2n) is 4.57. The topological polar surface area (TPSA) is 58.6 Å². The van der Waals surface area contributed by atoms with Crippen molar-refractivity contribution in [2.75, 3.05) is 0 Å². The zero-order valence-corrected chi connectivity index (χ0v) is 7.96. The molecule has 2 aliphatic rings. The Morgan fingerprint density at radius 1 is 1.54 bits per heavy atom. The van der Waals surface area contributed by atoms with E-state index in [0.717, 1.165) is 19.3 Å². The molecular formula is C9H15NO3. The van der Waals surface area contributed by atoms with Crippen molar-refractivity contribution in [1.82, 2.24) is 5.32 Å². The maximum atomic E-state index is 10.5. The van der Waals surface area contributed by atoms with Gasteiger partial charge in [0.25, 0.3) is 0 Å². The normalized spacial score (nSPS) is 48.0. The number of amides is 1. The molecule has 2 N–H and O–H groups in total. The molecule has 0 aliphatic carbocycles. The maximum Gasteiger partial charge on any atom is 0.404 e. The molecule has 0 aromatic heterocycles. The van der Waals surface area contributed by atoms with Gasteiger partial charge in [0.05, 0.1) is 17.2 Å². The van der Waals surface area contributed by atoms with Crippen molar-refractivity contribution >= 4 is 6.09 Å². The van der Waals surface area contributed by atoms with E-state index in [1.807, 2.05) is 6.92 Å². The summed E-state index contributed by atoms with van der Waals surface area (Å²) in [4.78, 5) is 10.5. The zero-order valence-electron chi connectivity index (χ0n) is 7.96. The molecule has 1 amide bonds. The molecule has 0 radical (unpaired) electrons. The SMILES string of the molecule is C[C@]12CC[C@](C)(O1)[C@@H](NC(=O)O)C2. The van der Waals surface area contributed by atoms with E-state index in [1.165, 1.54) is 0 Å². The predicted molar refractivity (Wildman–Crippen MR) is 46.7 cm³/mol. The third kappa shape index (κ3) is 1.29. The van der Waals surface area contributed by atoms with E-state index in [0.29, 0.717) is 0 Å². The Morgan fingerprint density at radius 2 is 2.23 bits per heavy atom. The van der Waals surface area contributed by atoms with Crippen LogP contribution in [0.1, 0.15) is 33.1 Å². The smallest absolute Gasteiger partial charge is 0.404 e. The number of nitrogens with one attached hydrogen (secondary N) is 1. The number of fused-ring (bicyclic) bond motifs is 2. The Hall–Kier alpha value is -0.770. The number of carboxylic acid groups (broad SMARTS) is 1. The molecule has 0 aromatic rings. The van der Waals surface area contributed by atoms with Crippen molar-refractivity contribution in [1.29, 1.82) is 0 Å². The lowest BCUT2D eigenvalue weighted by atomic mass is 9.80. The standard InChI is InChI=1S/C9H15NO3/c1-8-3-4-9(2,13-8)6(5-8)10-7(11)12/h6,10H,3-5H2,1-2H3,(H,11,12)/t6-,8+,9-/m0/s1. The average Bonchev–Trinajstić information content (AvgIpc) is 2.36. The Kier molecular flexibility index (Phi) is 1.61. The minimum absolute atomic E-state index is 0.0382. The van der Waals surface area contributed by atoms with Crippen molar-refractivity contribution < 1.29 is 14.6 Å². The van der Waals surface area contributed by atoms with E-state index in [-0.39, 0.29) is 17.2 Å². The minimum Gasteiger partial charge on any atom is -0.465 e. The number of hydrogen-bond donors (Lipinski definition) is 2. The molecule has 4 nitrogen and oxygen atoms in total. The van der Waals surface area contributed by atoms with Crippen molar-refractivity contribution in [3.8, 4) is 0 Å². The van der Waals surface area contributed by atoms with Gasteiger partial charge in [-0.2, -0.15) is 0 Å². The summed E-state index contributed by atoms with van der Waals surface area (Å²) in [6, 6.07) is -0.0382. The number of hydrogen-bond acceptors (Lipinski definition) is 2. The summed E-state index contributed by atoms with van der Waals surface area (Å²) < 4.78 is 5.83. The van der Waals surface area contributed by atoms with E-state index in [1.54, 1.807) is 0 Å². The summed E-state index contributed by atoms with van der Waals surface area (Å²) in [6.07, 6.45) is 1.84. The summed E-state index contributed by atoms with van der Waals surface area (Å²) in [7, 11) is 0. The van der Waals surface area contributed by atoms with Crippen molar-refractivity contribution in [2.45, 2.75) is 50.4 Å². The van der Waals surface area contributed by atoms with Crippen molar-refractivity contribution in [3.05, 3.63) is 0 Å². The van der Waals surface area contributed by atoms with Crippen LogP contribution in [0.4, 0.5) is 4.79 Å². The molecule has 2 fully saturated rings. The lowest BCUT2D eigenvalue weighted by Gasteiger charge is -2.28. The molecule has 2 heterocycles. The maximum absolute atomic E-state index is 10.5. The van der Waals surface area contributed by atoms with E-state index >= 15 is 0 Å². The van der Waals surface area contributed by atoms with Crippen LogP contribution in [0.15, 0.2) is 0 Å². The minimum atomic E-state index is -0.953. The number of carbonyl (C=O) groups is 1. The first-order chi connectivity index (χ1) is 5.94. The molecule has 13 heavy (non-hydrogen) atoms. The summed E-state index contributed by atoms with van der Waals surface area (Å²) >= 11 is 0. The fourth-order valence-electron chi connectivity index (χ4n) is 2.57. The lowest BCUT2D eigenvalue weighted by molar-refractivity contribution is -0.0321. The lowest BCUT2D eigenvalue weighted by Crippen LogP contribution is -2.48. The van der Waals surface area contributed by atoms with Gasteiger partial charge in [-0.15, -0.1) is 0 Å². The number of rotatable bonds is 1. The van der Waals surface area contributed by atoms with E-state index < -0.39 is 6.09 Å². The van der Waals surface area contributed by atoms with Gasteiger partial charge in [0.15, 0.2) is 0 Å². The highest BCUT2D eigenvalue weighted by molar-refractivity contribution is 5.65. The van der Waals surface area contributed by atoms with Crippen LogP contribution in [0.2, 0.25) is 0 Å². The van der Waals surface area contributed by atoms with Crippen molar-refractivity contribution in [2.24, 2.45) is 0 Å². The molecule has 2 aliphatic heterocycles. The van der Waals surface area contributed by atoms with Crippen molar-refractivity contribution in [3.63, 3.8) is 0 Å². The monoisotopic (exact) mass is 185 g/mol. The molecule has 0 spiro atoms. The van der Waals surface area contributed by atoms with Gasteiger partial charge in [-0.05, 0) is 33.1 Å². The first kappa shape index (κ1) is 8.81. The molecule has 0 aromatic carbocycles. The first-order valence-electron chi connectivity index (χ1n) is 4.63. The molecule has 0 unspecified atom stereocenters. The van der Waals surface area contributed by atoms with Gasteiger partial charge >= 0.3 is 6.09 Å². The molecule has 74 valence electrons. The molecule has 0 saturated carbocycles. The second kappa shape index (κ2) is 2.38. The Labute approximate surface area is 77.3 Å².